The van der Waals surface area contributed by atoms with Crippen LogP contribution in [0.4, 0.5) is 26.3 Å². The van der Waals surface area contributed by atoms with Crippen molar-refractivity contribution in [2.45, 2.75) is 37.3 Å². The number of aryl methyl sites for hydroxylation is 1. The maximum atomic E-state index is 13.4. The van der Waals surface area contributed by atoms with Crippen molar-refractivity contribution in [2.24, 2.45) is 0 Å². The number of hydrogen-bond acceptors (Lipinski definition) is 3. The highest BCUT2D eigenvalue weighted by molar-refractivity contribution is 7.07. The molecule has 0 amide bonds. The Balaban J connectivity index is 2.00. The molecule has 0 saturated carbocycles. The van der Waals surface area contributed by atoms with Gasteiger partial charge in [0.25, 0.3) is 5.60 Å². The molecule has 34 heavy (non-hydrogen) atoms. The first kappa shape index (κ1) is 24.6. The molecular formula is C23H17ClF6N2OS. The first-order chi connectivity index (χ1) is 15.7. The minimum absolute atomic E-state index is 0.102. The first-order valence-electron chi connectivity index (χ1n) is 9.85. The second-order valence-corrected chi connectivity index (χ2v) is 9.21. The fourth-order valence-electron chi connectivity index (χ4n) is 4.30. The summed E-state index contributed by atoms with van der Waals surface area (Å²) in [6.45, 7) is 3.53. The normalized spacial score (nSPS) is 15.0. The van der Waals surface area contributed by atoms with Crippen LogP contribution in [0.5, 0.6) is 0 Å². The van der Waals surface area contributed by atoms with Crippen LogP contribution in [-0.4, -0.2) is 27.0 Å². The third-order valence-corrected chi connectivity index (χ3v) is 6.81. The van der Waals surface area contributed by atoms with Crippen molar-refractivity contribution in [1.82, 2.24) is 9.55 Å². The first-order valence-corrected chi connectivity index (χ1v) is 11.2. The molecule has 0 aliphatic heterocycles. The lowest BCUT2D eigenvalue weighted by Crippen LogP contribution is -2.53. The highest BCUT2D eigenvalue weighted by atomic mass is 35.5. The number of aliphatic hydroxyl groups is 1. The lowest BCUT2D eigenvalue weighted by atomic mass is 9.88. The van der Waals surface area contributed by atoms with Crippen molar-refractivity contribution in [3.63, 3.8) is 0 Å². The highest BCUT2D eigenvalue weighted by Gasteiger charge is 2.71. The van der Waals surface area contributed by atoms with E-state index in [1.807, 2.05) is 18.4 Å². The van der Waals surface area contributed by atoms with Crippen molar-refractivity contribution < 1.29 is 31.4 Å². The summed E-state index contributed by atoms with van der Waals surface area (Å²) in [4.78, 5) is 4.44. The number of hydrogen-bond donors (Lipinski definition) is 1. The molecule has 1 N–H and O–H groups in total. The van der Waals surface area contributed by atoms with E-state index in [0.29, 0.717) is 28.0 Å². The molecule has 11 heteroatoms. The fourth-order valence-corrected chi connectivity index (χ4v) is 5.14. The van der Waals surface area contributed by atoms with Crippen LogP contribution in [0.15, 0.2) is 59.4 Å². The van der Waals surface area contributed by atoms with E-state index < -0.39 is 29.1 Å². The number of fused-ring (bicyclic) bond motifs is 1. The van der Waals surface area contributed by atoms with Gasteiger partial charge in [0.1, 0.15) is 5.54 Å². The average Bonchev–Trinajstić information content (AvgIpc) is 3.38. The number of rotatable bonds is 4. The molecule has 3 nitrogen and oxygen atoms in total. The van der Waals surface area contributed by atoms with Gasteiger partial charge < -0.3 is 9.67 Å². The predicted octanol–water partition coefficient (Wildman–Crippen LogP) is 7.18. The van der Waals surface area contributed by atoms with Gasteiger partial charge in [0.15, 0.2) is 0 Å². The standard InChI is InChI=1S/C23H17ClF6N2OS/c1-13-8-14-9-16(21(33,22(25,26)27)23(28,29)30)6-7-18(14)32(13)20(2,19-11-34-12-31-19)15-4-3-5-17(24)10-15/h3-12,33H,1-2H3. The van der Waals surface area contributed by atoms with E-state index in [1.165, 1.54) is 17.4 Å². The van der Waals surface area contributed by atoms with Crippen LogP contribution in [0.1, 0.15) is 29.4 Å². The summed E-state index contributed by atoms with van der Waals surface area (Å²) in [5, 5.41) is 12.2. The smallest absolute Gasteiger partial charge is 0.369 e. The molecule has 0 radical (unpaired) electrons. The van der Waals surface area contributed by atoms with E-state index in [2.05, 4.69) is 4.98 Å². The third kappa shape index (κ3) is 3.59. The SMILES string of the molecule is Cc1cc2cc(C(O)(C(F)(F)F)C(F)(F)F)ccc2n1C(C)(c1cccc(Cl)c1)c1cscn1. The average molecular weight is 519 g/mol. The molecule has 4 aromatic rings. The van der Waals surface area contributed by atoms with E-state index in [-0.39, 0.29) is 5.39 Å². The van der Waals surface area contributed by atoms with Gasteiger partial charge in [0.2, 0.25) is 0 Å². The van der Waals surface area contributed by atoms with Gasteiger partial charge in [-0.15, -0.1) is 11.3 Å². The Labute approximate surface area is 199 Å². The molecule has 4 rings (SSSR count). The zero-order valence-electron chi connectivity index (χ0n) is 17.7. The Hall–Kier alpha value is -2.56. The van der Waals surface area contributed by atoms with E-state index in [1.54, 1.807) is 35.2 Å². The topological polar surface area (TPSA) is 38.0 Å². The van der Waals surface area contributed by atoms with E-state index in [0.717, 1.165) is 17.7 Å². The van der Waals surface area contributed by atoms with Gasteiger partial charge in [-0.1, -0.05) is 29.8 Å². The number of thiazole rings is 1. The maximum Gasteiger partial charge on any atom is 0.430 e. The summed E-state index contributed by atoms with van der Waals surface area (Å²) >= 11 is 7.56. The molecule has 2 aromatic heterocycles. The molecular weight excluding hydrogens is 502 g/mol. The second-order valence-electron chi connectivity index (χ2n) is 8.06. The van der Waals surface area contributed by atoms with Crippen molar-refractivity contribution in [3.05, 3.63) is 87.0 Å². The molecule has 0 aliphatic rings. The summed E-state index contributed by atoms with van der Waals surface area (Å²) in [6.07, 6.45) is -11.9. The third-order valence-electron chi connectivity index (χ3n) is 5.99. The van der Waals surface area contributed by atoms with Crippen molar-refractivity contribution in [1.29, 1.82) is 0 Å². The summed E-state index contributed by atoms with van der Waals surface area (Å²) in [5.41, 5.74) is -3.41. The summed E-state index contributed by atoms with van der Waals surface area (Å²) in [5.74, 6) is 0. The quantitative estimate of drug-likeness (QED) is 0.290. The number of benzene rings is 2. The highest BCUT2D eigenvalue weighted by Crippen LogP contribution is 2.51. The van der Waals surface area contributed by atoms with E-state index in [4.69, 9.17) is 11.6 Å². The van der Waals surface area contributed by atoms with Gasteiger partial charge in [0, 0.05) is 32.6 Å². The van der Waals surface area contributed by atoms with Crippen LogP contribution in [0.3, 0.4) is 0 Å². The maximum absolute atomic E-state index is 13.4. The van der Waals surface area contributed by atoms with Crippen molar-refractivity contribution >= 4 is 33.8 Å². The number of aromatic nitrogens is 2. The lowest BCUT2D eigenvalue weighted by Gasteiger charge is -2.34. The van der Waals surface area contributed by atoms with Crippen LogP contribution in [0.2, 0.25) is 5.02 Å². The number of halogens is 7. The molecule has 0 aliphatic carbocycles. The monoisotopic (exact) mass is 518 g/mol. The largest absolute Gasteiger partial charge is 0.430 e. The van der Waals surface area contributed by atoms with E-state index in [9.17, 15) is 31.4 Å². The van der Waals surface area contributed by atoms with Crippen LogP contribution < -0.4 is 0 Å². The predicted molar refractivity (Wildman–Crippen MR) is 118 cm³/mol. The molecule has 1 atom stereocenters. The molecule has 0 saturated heterocycles. The zero-order chi connectivity index (χ0) is 25.1. The molecule has 0 fully saturated rings. The van der Waals surface area contributed by atoms with Crippen LogP contribution in [-0.2, 0) is 11.1 Å². The Morgan fingerprint density at radius 3 is 2.18 bits per heavy atom. The van der Waals surface area contributed by atoms with E-state index >= 15 is 0 Å². The minimum atomic E-state index is -5.97. The van der Waals surface area contributed by atoms with Crippen molar-refractivity contribution in [3.8, 4) is 0 Å². The molecule has 2 heterocycles. The lowest BCUT2D eigenvalue weighted by molar-refractivity contribution is -0.376. The summed E-state index contributed by atoms with van der Waals surface area (Å²) < 4.78 is 82.2. The van der Waals surface area contributed by atoms with Crippen molar-refractivity contribution in [2.75, 3.05) is 0 Å². The molecule has 0 spiro atoms. The Morgan fingerprint density at radius 1 is 0.941 bits per heavy atom. The number of alkyl halides is 6. The molecule has 2 aromatic carbocycles. The van der Waals surface area contributed by atoms with Gasteiger partial charge in [-0.3, -0.25) is 0 Å². The van der Waals surface area contributed by atoms with Gasteiger partial charge >= 0.3 is 12.4 Å². The second kappa shape index (κ2) is 8.00. The molecule has 0 bridgehead atoms. The Bertz CT molecular complexity index is 1330. The van der Waals surface area contributed by atoms with Crippen LogP contribution in [0, 0.1) is 6.92 Å². The summed E-state index contributed by atoms with van der Waals surface area (Å²) in [7, 11) is 0. The fraction of sp³-hybridized carbons (Fsp3) is 0.261. The van der Waals surface area contributed by atoms with Crippen LogP contribution >= 0.6 is 22.9 Å². The van der Waals surface area contributed by atoms with Gasteiger partial charge in [-0.05, 0) is 49.7 Å². The molecule has 1 unspecified atom stereocenters. The van der Waals surface area contributed by atoms with Crippen LogP contribution in [0.25, 0.3) is 10.9 Å². The Kier molecular flexibility index (Phi) is 5.78. The number of nitrogens with zero attached hydrogens (tertiary/aromatic N) is 2. The van der Waals surface area contributed by atoms with Gasteiger partial charge in [-0.2, -0.15) is 26.3 Å². The van der Waals surface area contributed by atoms with Gasteiger partial charge in [-0.25, -0.2) is 4.98 Å². The minimum Gasteiger partial charge on any atom is -0.369 e. The molecule has 180 valence electrons. The summed E-state index contributed by atoms with van der Waals surface area (Å²) in [6, 6.07) is 11.0. The van der Waals surface area contributed by atoms with Gasteiger partial charge in [0.05, 0.1) is 11.2 Å². The Morgan fingerprint density at radius 2 is 1.62 bits per heavy atom. The zero-order valence-corrected chi connectivity index (χ0v) is 19.2.